The van der Waals surface area contributed by atoms with Gasteiger partial charge in [-0.25, -0.2) is 4.79 Å². The van der Waals surface area contributed by atoms with Crippen molar-refractivity contribution in [3.8, 4) is 0 Å². The van der Waals surface area contributed by atoms with Gasteiger partial charge in [0.05, 0.1) is 0 Å². The fourth-order valence-electron chi connectivity index (χ4n) is 2.26. The molecule has 15 heavy (non-hydrogen) atoms. The van der Waals surface area contributed by atoms with E-state index in [-0.39, 0.29) is 5.69 Å². The number of imidazole rings is 1. The Morgan fingerprint density at radius 1 is 1.40 bits per heavy atom. The zero-order valence-corrected chi connectivity index (χ0v) is 9.39. The highest BCUT2D eigenvalue weighted by molar-refractivity contribution is 5.16. The fourth-order valence-corrected chi connectivity index (χ4v) is 2.26. The number of rotatable bonds is 3. The number of hydrogen-bond donors (Lipinski definition) is 3. The van der Waals surface area contributed by atoms with Crippen LogP contribution < -0.4 is 11.0 Å². The van der Waals surface area contributed by atoms with Crippen LogP contribution in [0.5, 0.6) is 0 Å². The van der Waals surface area contributed by atoms with Gasteiger partial charge in [-0.3, -0.25) is 0 Å². The van der Waals surface area contributed by atoms with Crippen LogP contribution in [-0.4, -0.2) is 22.6 Å². The van der Waals surface area contributed by atoms with Gasteiger partial charge in [-0.2, -0.15) is 0 Å². The summed E-state index contributed by atoms with van der Waals surface area (Å²) < 4.78 is 0. The predicted molar refractivity (Wildman–Crippen MR) is 60.2 cm³/mol. The van der Waals surface area contributed by atoms with Crippen molar-refractivity contribution in [1.82, 2.24) is 15.3 Å². The van der Waals surface area contributed by atoms with Crippen LogP contribution in [0.4, 0.5) is 0 Å². The zero-order valence-electron chi connectivity index (χ0n) is 9.39. The second-order valence-electron chi connectivity index (χ2n) is 4.62. The molecule has 1 unspecified atom stereocenters. The normalized spacial score (nSPS) is 21.4. The van der Waals surface area contributed by atoms with Crippen molar-refractivity contribution in [2.45, 2.75) is 45.1 Å². The molecule has 1 atom stereocenters. The Labute approximate surface area is 89.5 Å². The van der Waals surface area contributed by atoms with E-state index in [1.165, 1.54) is 12.8 Å². The molecule has 1 aromatic heterocycles. The van der Waals surface area contributed by atoms with Crippen LogP contribution in [-0.2, 0) is 6.42 Å². The maximum Gasteiger partial charge on any atom is 0.323 e. The van der Waals surface area contributed by atoms with Crippen molar-refractivity contribution < 1.29 is 0 Å². The van der Waals surface area contributed by atoms with E-state index in [2.05, 4.69) is 29.1 Å². The number of aromatic amines is 2. The molecule has 2 heterocycles. The number of hydrogen-bond acceptors (Lipinski definition) is 2. The molecule has 1 aromatic rings. The number of nitrogens with one attached hydrogen (secondary N) is 3. The summed E-state index contributed by atoms with van der Waals surface area (Å²) in [7, 11) is 0. The van der Waals surface area contributed by atoms with Crippen LogP contribution in [0.1, 0.15) is 44.0 Å². The van der Waals surface area contributed by atoms with Gasteiger partial charge in [0, 0.05) is 23.9 Å². The molecule has 0 amide bonds. The molecule has 1 aliphatic rings. The summed E-state index contributed by atoms with van der Waals surface area (Å²) in [6, 6.07) is 0.536. The summed E-state index contributed by atoms with van der Waals surface area (Å²) in [5.41, 5.74) is 2.06. The van der Waals surface area contributed by atoms with E-state index in [0.29, 0.717) is 12.0 Å². The first-order valence-electron chi connectivity index (χ1n) is 5.71. The molecule has 1 saturated heterocycles. The lowest BCUT2D eigenvalue weighted by Gasteiger charge is -2.11. The highest BCUT2D eigenvalue weighted by Crippen LogP contribution is 2.17. The molecular weight excluding hydrogens is 190 g/mol. The molecule has 1 aliphatic heterocycles. The van der Waals surface area contributed by atoms with Gasteiger partial charge >= 0.3 is 5.69 Å². The van der Waals surface area contributed by atoms with Crippen LogP contribution >= 0.6 is 0 Å². The minimum absolute atomic E-state index is 0.0771. The Kier molecular flexibility index (Phi) is 2.95. The minimum Gasteiger partial charge on any atom is -0.314 e. The summed E-state index contributed by atoms with van der Waals surface area (Å²) in [5.74, 6) is 0.375. The maximum absolute atomic E-state index is 11.3. The highest BCUT2D eigenvalue weighted by Gasteiger charge is 2.18. The van der Waals surface area contributed by atoms with E-state index in [9.17, 15) is 4.79 Å². The standard InChI is InChI=1S/C11H19N3O/c1-7(2)10-9(13-11(15)14-10)6-8-4-3-5-12-8/h7-8,12H,3-6H2,1-2H3,(H2,13,14,15). The van der Waals surface area contributed by atoms with Crippen LogP contribution in [0.25, 0.3) is 0 Å². The van der Waals surface area contributed by atoms with Crippen molar-refractivity contribution in [1.29, 1.82) is 0 Å². The van der Waals surface area contributed by atoms with E-state index in [1.54, 1.807) is 0 Å². The monoisotopic (exact) mass is 209 g/mol. The van der Waals surface area contributed by atoms with Gasteiger partial charge in [0.1, 0.15) is 0 Å². The average Bonchev–Trinajstić information content (AvgIpc) is 2.75. The molecule has 4 nitrogen and oxygen atoms in total. The predicted octanol–water partition coefficient (Wildman–Crippen LogP) is 1.12. The van der Waals surface area contributed by atoms with E-state index < -0.39 is 0 Å². The largest absolute Gasteiger partial charge is 0.323 e. The molecule has 1 fully saturated rings. The lowest BCUT2D eigenvalue weighted by atomic mass is 10.0. The Balaban J connectivity index is 2.15. The van der Waals surface area contributed by atoms with E-state index in [4.69, 9.17) is 0 Å². The van der Waals surface area contributed by atoms with E-state index >= 15 is 0 Å². The smallest absolute Gasteiger partial charge is 0.314 e. The fraction of sp³-hybridized carbons (Fsp3) is 0.727. The van der Waals surface area contributed by atoms with Crippen LogP contribution in [0.2, 0.25) is 0 Å². The van der Waals surface area contributed by atoms with Gasteiger partial charge in [0.25, 0.3) is 0 Å². The van der Waals surface area contributed by atoms with Gasteiger partial charge in [0.2, 0.25) is 0 Å². The zero-order chi connectivity index (χ0) is 10.8. The molecule has 2 rings (SSSR count). The van der Waals surface area contributed by atoms with Gasteiger partial charge in [-0.15, -0.1) is 0 Å². The van der Waals surface area contributed by atoms with Gasteiger partial charge in [-0.05, 0) is 25.3 Å². The lowest BCUT2D eigenvalue weighted by Crippen LogP contribution is -2.24. The lowest BCUT2D eigenvalue weighted by molar-refractivity contribution is 0.590. The van der Waals surface area contributed by atoms with E-state index in [0.717, 1.165) is 24.4 Å². The van der Waals surface area contributed by atoms with Crippen molar-refractivity contribution in [3.63, 3.8) is 0 Å². The van der Waals surface area contributed by atoms with Crippen molar-refractivity contribution in [2.24, 2.45) is 0 Å². The first kappa shape index (κ1) is 10.5. The first-order valence-corrected chi connectivity index (χ1v) is 5.71. The summed E-state index contributed by atoms with van der Waals surface area (Å²) in [4.78, 5) is 17.0. The topological polar surface area (TPSA) is 60.7 Å². The summed E-state index contributed by atoms with van der Waals surface area (Å²) in [6.45, 7) is 5.31. The average molecular weight is 209 g/mol. The van der Waals surface area contributed by atoms with Crippen LogP contribution in [0.15, 0.2) is 4.79 Å². The second-order valence-corrected chi connectivity index (χ2v) is 4.62. The summed E-state index contributed by atoms with van der Waals surface area (Å²) >= 11 is 0. The Hall–Kier alpha value is -1.03. The quantitative estimate of drug-likeness (QED) is 0.698. The Morgan fingerprint density at radius 3 is 2.80 bits per heavy atom. The molecule has 0 saturated carbocycles. The molecule has 0 radical (unpaired) electrons. The first-order chi connectivity index (χ1) is 7.16. The second kappa shape index (κ2) is 4.23. The SMILES string of the molecule is CC(C)c1[nH]c(=O)[nH]c1CC1CCCN1. The Morgan fingerprint density at radius 2 is 2.20 bits per heavy atom. The van der Waals surface area contributed by atoms with Crippen molar-refractivity contribution >= 4 is 0 Å². The molecule has 0 aliphatic carbocycles. The molecule has 84 valence electrons. The summed E-state index contributed by atoms with van der Waals surface area (Å²) in [5, 5.41) is 3.44. The third kappa shape index (κ3) is 2.31. The van der Waals surface area contributed by atoms with Crippen molar-refractivity contribution in [3.05, 3.63) is 21.9 Å². The minimum atomic E-state index is -0.0771. The molecule has 0 aromatic carbocycles. The highest BCUT2D eigenvalue weighted by atomic mass is 16.1. The molecule has 0 bridgehead atoms. The van der Waals surface area contributed by atoms with Crippen LogP contribution in [0.3, 0.4) is 0 Å². The summed E-state index contributed by atoms with van der Waals surface area (Å²) in [6.07, 6.45) is 3.40. The molecular formula is C11H19N3O. The van der Waals surface area contributed by atoms with Gasteiger partial charge < -0.3 is 15.3 Å². The Bertz CT molecular complexity index is 371. The molecule has 4 heteroatoms. The third-order valence-electron chi connectivity index (χ3n) is 3.03. The molecule has 0 spiro atoms. The van der Waals surface area contributed by atoms with Gasteiger partial charge in [0.15, 0.2) is 0 Å². The van der Waals surface area contributed by atoms with E-state index in [1.807, 2.05) is 0 Å². The number of H-pyrrole nitrogens is 2. The number of aromatic nitrogens is 2. The third-order valence-corrected chi connectivity index (χ3v) is 3.03. The van der Waals surface area contributed by atoms with Crippen LogP contribution in [0, 0.1) is 0 Å². The molecule has 3 N–H and O–H groups in total. The van der Waals surface area contributed by atoms with Gasteiger partial charge in [-0.1, -0.05) is 13.8 Å². The maximum atomic E-state index is 11.3. The van der Waals surface area contributed by atoms with Crippen molar-refractivity contribution in [2.75, 3.05) is 6.54 Å².